The molecule has 128 valence electrons. The second kappa shape index (κ2) is 5.73. The molecule has 0 aromatic heterocycles. The molecule has 0 atom stereocenters. The maximum Gasteiger partial charge on any atom is 0.339 e. The molecule has 1 amide bonds. The van der Waals surface area contributed by atoms with E-state index in [1.54, 1.807) is 0 Å². The van der Waals surface area contributed by atoms with Gasteiger partial charge < -0.3 is 9.64 Å². The second-order valence-corrected chi connectivity index (χ2v) is 7.02. The highest BCUT2D eigenvalue weighted by molar-refractivity contribution is 5.96. The molecule has 25 heavy (non-hydrogen) atoms. The Bertz CT molecular complexity index is 863. The van der Waals surface area contributed by atoms with Crippen molar-refractivity contribution >= 4 is 11.9 Å². The average molecular weight is 335 g/mol. The first kappa shape index (κ1) is 15.9. The number of hydrogen-bond acceptors (Lipinski definition) is 3. The number of likely N-dealkylation sites (tertiary alicyclic amines) is 1. The molecule has 2 aliphatic rings. The van der Waals surface area contributed by atoms with E-state index in [4.69, 9.17) is 4.74 Å². The minimum atomic E-state index is -0.562. The van der Waals surface area contributed by atoms with Crippen molar-refractivity contribution in [3.63, 3.8) is 0 Å². The normalized spacial score (nSPS) is 18.2. The molecule has 0 radical (unpaired) electrons. The summed E-state index contributed by atoms with van der Waals surface area (Å²) in [6.45, 7) is 5.24. The van der Waals surface area contributed by atoms with Crippen molar-refractivity contribution in [3.05, 3.63) is 70.3 Å². The zero-order chi connectivity index (χ0) is 17.6. The van der Waals surface area contributed by atoms with E-state index in [1.165, 1.54) is 5.56 Å². The summed E-state index contributed by atoms with van der Waals surface area (Å²) in [6.07, 6.45) is 1.29. The van der Waals surface area contributed by atoms with Gasteiger partial charge >= 0.3 is 5.97 Å². The average Bonchev–Trinajstić information content (AvgIpc) is 2.90. The van der Waals surface area contributed by atoms with Crippen molar-refractivity contribution in [2.75, 3.05) is 13.1 Å². The van der Waals surface area contributed by atoms with E-state index in [2.05, 4.69) is 0 Å². The molecule has 1 spiro atoms. The van der Waals surface area contributed by atoms with Crippen LogP contribution in [-0.2, 0) is 10.3 Å². The van der Waals surface area contributed by atoms with Crippen LogP contribution in [-0.4, -0.2) is 29.9 Å². The Kier molecular flexibility index (Phi) is 3.64. The van der Waals surface area contributed by atoms with E-state index < -0.39 is 5.60 Å². The van der Waals surface area contributed by atoms with E-state index in [0.29, 0.717) is 31.5 Å². The molecule has 0 unspecified atom stereocenters. The van der Waals surface area contributed by atoms with E-state index in [9.17, 15) is 9.59 Å². The van der Waals surface area contributed by atoms with Gasteiger partial charge in [0.1, 0.15) is 5.60 Å². The summed E-state index contributed by atoms with van der Waals surface area (Å²) in [6, 6.07) is 13.4. The number of amides is 1. The molecule has 2 aromatic carbocycles. The SMILES string of the molecule is Cc1ccc(C(=O)N2CCC3(CC2)OC(=O)c2ccccc23)cc1C. The summed E-state index contributed by atoms with van der Waals surface area (Å²) in [7, 11) is 0. The molecule has 0 saturated carbocycles. The number of piperidine rings is 1. The summed E-state index contributed by atoms with van der Waals surface area (Å²) in [5.41, 5.74) is 4.10. The summed E-state index contributed by atoms with van der Waals surface area (Å²) in [4.78, 5) is 26.8. The molecule has 1 saturated heterocycles. The highest BCUT2D eigenvalue weighted by atomic mass is 16.6. The van der Waals surface area contributed by atoms with Crippen molar-refractivity contribution in [1.82, 2.24) is 4.90 Å². The summed E-state index contributed by atoms with van der Waals surface area (Å²) >= 11 is 0. The van der Waals surface area contributed by atoms with Gasteiger partial charge in [0.15, 0.2) is 0 Å². The van der Waals surface area contributed by atoms with Crippen molar-refractivity contribution in [2.24, 2.45) is 0 Å². The molecule has 1 fully saturated rings. The number of fused-ring (bicyclic) bond motifs is 2. The van der Waals surface area contributed by atoms with Crippen LogP contribution in [0.2, 0.25) is 0 Å². The molecule has 0 bridgehead atoms. The van der Waals surface area contributed by atoms with Crippen molar-refractivity contribution in [1.29, 1.82) is 0 Å². The molecule has 4 nitrogen and oxygen atoms in total. The minimum absolute atomic E-state index is 0.0514. The highest BCUT2D eigenvalue weighted by Crippen LogP contribution is 2.44. The lowest BCUT2D eigenvalue weighted by molar-refractivity contribution is -0.0389. The fourth-order valence-corrected chi connectivity index (χ4v) is 3.85. The Morgan fingerprint density at radius 2 is 1.76 bits per heavy atom. The zero-order valence-corrected chi connectivity index (χ0v) is 14.5. The number of ether oxygens (including phenoxy) is 1. The van der Waals surface area contributed by atoms with Crippen LogP contribution in [0.15, 0.2) is 42.5 Å². The molecular formula is C21H21NO3. The van der Waals surface area contributed by atoms with Gasteiger partial charge in [0.05, 0.1) is 5.56 Å². The first-order valence-electron chi connectivity index (χ1n) is 8.70. The van der Waals surface area contributed by atoms with E-state index in [0.717, 1.165) is 16.7 Å². The monoisotopic (exact) mass is 335 g/mol. The Morgan fingerprint density at radius 3 is 2.48 bits per heavy atom. The van der Waals surface area contributed by atoms with Crippen LogP contribution in [0.5, 0.6) is 0 Å². The Labute approximate surface area is 147 Å². The van der Waals surface area contributed by atoms with Crippen LogP contribution in [0.1, 0.15) is 50.2 Å². The quantitative estimate of drug-likeness (QED) is 0.748. The zero-order valence-electron chi connectivity index (χ0n) is 14.5. The number of hydrogen-bond donors (Lipinski definition) is 0. The van der Waals surface area contributed by atoms with Crippen LogP contribution in [0.25, 0.3) is 0 Å². The summed E-state index contributed by atoms with van der Waals surface area (Å²) in [5.74, 6) is -0.194. The van der Waals surface area contributed by atoms with Crippen molar-refractivity contribution in [2.45, 2.75) is 32.3 Å². The van der Waals surface area contributed by atoms with Crippen LogP contribution >= 0.6 is 0 Å². The lowest BCUT2D eigenvalue weighted by Crippen LogP contribution is -2.45. The molecule has 0 aliphatic carbocycles. The number of carbonyl (C=O) groups excluding carboxylic acids is 2. The van der Waals surface area contributed by atoms with Gasteiger partial charge in [-0.2, -0.15) is 0 Å². The van der Waals surface area contributed by atoms with Crippen molar-refractivity contribution < 1.29 is 14.3 Å². The third-order valence-electron chi connectivity index (χ3n) is 5.54. The van der Waals surface area contributed by atoms with E-state index >= 15 is 0 Å². The van der Waals surface area contributed by atoms with Crippen LogP contribution in [0, 0.1) is 13.8 Å². The molecule has 4 rings (SSSR count). The Balaban J connectivity index is 1.53. The molecule has 4 heteroatoms. The second-order valence-electron chi connectivity index (χ2n) is 7.02. The first-order valence-corrected chi connectivity index (χ1v) is 8.70. The molecular weight excluding hydrogens is 314 g/mol. The molecule has 2 aromatic rings. The van der Waals surface area contributed by atoms with Gasteiger partial charge in [0.25, 0.3) is 5.91 Å². The molecule has 0 N–H and O–H groups in total. The van der Waals surface area contributed by atoms with Gasteiger partial charge in [-0.1, -0.05) is 24.3 Å². The predicted molar refractivity (Wildman–Crippen MR) is 94.6 cm³/mol. The van der Waals surface area contributed by atoms with Gasteiger partial charge in [0, 0.05) is 37.1 Å². The van der Waals surface area contributed by atoms with Gasteiger partial charge in [-0.15, -0.1) is 0 Å². The number of esters is 1. The number of nitrogens with zero attached hydrogens (tertiary/aromatic N) is 1. The minimum Gasteiger partial charge on any atom is -0.450 e. The first-order chi connectivity index (χ1) is 12.0. The standard InChI is InChI=1S/C21H21NO3/c1-14-7-8-16(13-15(14)2)19(23)22-11-9-21(10-12-22)18-6-4-3-5-17(18)20(24)25-21/h3-8,13H,9-12H2,1-2H3. The number of carbonyl (C=O) groups is 2. The Hall–Kier alpha value is -2.62. The smallest absolute Gasteiger partial charge is 0.339 e. The van der Waals surface area contributed by atoms with Crippen LogP contribution in [0.4, 0.5) is 0 Å². The topological polar surface area (TPSA) is 46.6 Å². The van der Waals surface area contributed by atoms with Crippen LogP contribution in [0.3, 0.4) is 0 Å². The van der Waals surface area contributed by atoms with E-state index in [-0.39, 0.29) is 11.9 Å². The molecule has 2 aliphatic heterocycles. The van der Waals surface area contributed by atoms with Gasteiger partial charge in [0.2, 0.25) is 0 Å². The van der Waals surface area contributed by atoms with Gasteiger partial charge in [-0.3, -0.25) is 4.79 Å². The summed E-state index contributed by atoms with van der Waals surface area (Å²) < 4.78 is 5.75. The maximum atomic E-state index is 12.8. The lowest BCUT2D eigenvalue weighted by Gasteiger charge is -2.38. The fraction of sp³-hybridized carbons (Fsp3) is 0.333. The summed E-state index contributed by atoms with van der Waals surface area (Å²) in [5, 5.41) is 0. The number of benzene rings is 2. The number of aryl methyl sites for hydroxylation is 2. The van der Waals surface area contributed by atoms with Gasteiger partial charge in [-0.05, 0) is 43.2 Å². The van der Waals surface area contributed by atoms with E-state index in [1.807, 2.05) is 61.2 Å². The number of rotatable bonds is 1. The lowest BCUT2D eigenvalue weighted by atomic mass is 9.83. The fourth-order valence-electron chi connectivity index (χ4n) is 3.85. The Morgan fingerprint density at radius 1 is 1.04 bits per heavy atom. The van der Waals surface area contributed by atoms with Crippen LogP contribution < -0.4 is 0 Å². The third kappa shape index (κ3) is 2.53. The largest absolute Gasteiger partial charge is 0.450 e. The molecule has 2 heterocycles. The highest BCUT2D eigenvalue weighted by Gasteiger charge is 2.47. The third-order valence-corrected chi connectivity index (χ3v) is 5.54. The maximum absolute atomic E-state index is 12.8. The predicted octanol–water partition coefficient (Wildman–Crippen LogP) is 3.61. The van der Waals surface area contributed by atoms with Crippen molar-refractivity contribution in [3.8, 4) is 0 Å². The van der Waals surface area contributed by atoms with Gasteiger partial charge in [-0.25, -0.2) is 4.79 Å².